The first-order valence-corrected chi connectivity index (χ1v) is 8.31. The fraction of sp³-hybridized carbons (Fsp3) is 0.300. The highest BCUT2D eigenvalue weighted by Crippen LogP contribution is 2.32. The van der Waals surface area contributed by atoms with E-state index in [4.69, 9.17) is 4.74 Å². The van der Waals surface area contributed by atoms with Gasteiger partial charge >= 0.3 is 5.97 Å². The van der Waals surface area contributed by atoms with Crippen LogP contribution in [0.1, 0.15) is 23.7 Å². The lowest BCUT2D eigenvalue weighted by atomic mass is 9.90. The van der Waals surface area contributed by atoms with Gasteiger partial charge in [-0.05, 0) is 48.7 Å². The van der Waals surface area contributed by atoms with Gasteiger partial charge in [0.15, 0.2) is 0 Å². The van der Waals surface area contributed by atoms with Crippen LogP contribution >= 0.6 is 0 Å². The standard InChI is InChI=1S/C20H20FNO4/c1-20(19(24)25)9-10-22(12-20)18(23)16-8-5-14(11-17(16)21)13-3-6-15(26-2)7-4-13/h3-8,11H,9-10,12H2,1-2H3,(H,24,25). The fourth-order valence-electron chi connectivity index (χ4n) is 3.13. The second-order valence-electron chi connectivity index (χ2n) is 6.77. The molecule has 3 rings (SSSR count). The van der Waals surface area contributed by atoms with Gasteiger partial charge in [0, 0.05) is 13.1 Å². The van der Waals surface area contributed by atoms with Crippen molar-refractivity contribution in [3.63, 3.8) is 0 Å². The van der Waals surface area contributed by atoms with E-state index in [0.717, 1.165) is 5.56 Å². The zero-order valence-corrected chi connectivity index (χ0v) is 14.7. The summed E-state index contributed by atoms with van der Waals surface area (Å²) in [7, 11) is 1.57. The first kappa shape index (κ1) is 17.9. The minimum absolute atomic E-state index is 0.0445. The van der Waals surface area contributed by atoms with Crippen LogP contribution in [0.15, 0.2) is 42.5 Å². The van der Waals surface area contributed by atoms with Gasteiger partial charge in [-0.2, -0.15) is 0 Å². The zero-order valence-electron chi connectivity index (χ0n) is 14.7. The molecule has 0 spiro atoms. The van der Waals surface area contributed by atoms with Gasteiger partial charge in [0.2, 0.25) is 0 Å². The molecule has 0 aliphatic carbocycles. The second kappa shape index (κ2) is 6.78. The van der Waals surface area contributed by atoms with E-state index in [1.54, 1.807) is 32.2 Å². The molecule has 1 aliphatic rings. The highest BCUT2D eigenvalue weighted by atomic mass is 19.1. The van der Waals surface area contributed by atoms with Crippen LogP contribution in [0.4, 0.5) is 4.39 Å². The van der Waals surface area contributed by atoms with Crippen LogP contribution in [-0.4, -0.2) is 42.1 Å². The van der Waals surface area contributed by atoms with E-state index < -0.39 is 23.1 Å². The number of halogens is 1. The van der Waals surface area contributed by atoms with Crippen LogP contribution in [0.2, 0.25) is 0 Å². The average Bonchev–Trinajstić information content (AvgIpc) is 3.05. The number of aliphatic carboxylic acids is 1. The third-order valence-corrected chi connectivity index (χ3v) is 4.90. The van der Waals surface area contributed by atoms with Crippen LogP contribution < -0.4 is 4.74 Å². The van der Waals surface area contributed by atoms with E-state index in [-0.39, 0.29) is 12.1 Å². The Balaban J connectivity index is 1.81. The minimum atomic E-state index is -0.977. The van der Waals surface area contributed by atoms with Crippen molar-refractivity contribution < 1.29 is 23.8 Å². The molecule has 1 heterocycles. The number of amides is 1. The summed E-state index contributed by atoms with van der Waals surface area (Å²) in [6.07, 6.45) is 0.361. The van der Waals surface area contributed by atoms with Crippen molar-refractivity contribution in [2.45, 2.75) is 13.3 Å². The van der Waals surface area contributed by atoms with Gasteiger partial charge in [-0.25, -0.2) is 4.39 Å². The molecule has 1 atom stereocenters. The number of hydrogen-bond acceptors (Lipinski definition) is 3. The predicted octanol–water partition coefficient (Wildman–Crippen LogP) is 3.44. The molecule has 0 saturated carbocycles. The molecule has 1 fully saturated rings. The number of carboxylic acids is 1. The van der Waals surface area contributed by atoms with Crippen LogP contribution in [0.3, 0.4) is 0 Å². The lowest BCUT2D eigenvalue weighted by Crippen LogP contribution is -2.35. The molecule has 26 heavy (non-hydrogen) atoms. The molecule has 1 unspecified atom stereocenters. The quantitative estimate of drug-likeness (QED) is 0.910. The molecule has 2 aromatic carbocycles. The van der Waals surface area contributed by atoms with Gasteiger partial charge in [0.05, 0.1) is 18.1 Å². The molecule has 6 heteroatoms. The van der Waals surface area contributed by atoms with Crippen LogP contribution in [0.25, 0.3) is 11.1 Å². The summed E-state index contributed by atoms with van der Waals surface area (Å²) in [6, 6.07) is 11.6. The number of benzene rings is 2. The molecule has 1 aliphatic heterocycles. The predicted molar refractivity (Wildman–Crippen MR) is 94.7 cm³/mol. The summed E-state index contributed by atoms with van der Waals surface area (Å²) in [5.74, 6) is -1.33. The Morgan fingerprint density at radius 1 is 1.15 bits per heavy atom. The van der Waals surface area contributed by atoms with Crippen LogP contribution in [0, 0.1) is 11.2 Å². The van der Waals surface area contributed by atoms with Gasteiger partial charge in [0.25, 0.3) is 5.91 Å². The summed E-state index contributed by atoms with van der Waals surface area (Å²) < 4.78 is 19.7. The van der Waals surface area contributed by atoms with E-state index in [0.29, 0.717) is 24.3 Å². The van der Waals surface area contributed by atoms with Crippen molar-refractivity contribution in [3.8, 4) is 16.9 Å². The maximum absolute atomic E-state index is 14.5. The molecule has 1 saturated heterocycles. The summed E-state index contributed by atoms with van der Waals surface area (Å²) >= 11 is 0. The summed E-state index contributed by atoms with van der Waals surface area (Å²) in [5, 5.41) is 9.28. The maximum Gasteiger partial charge on any atom is 0.311 e. The van der Waals surface area contributed by atoms with Gasteiger partial charge in [0.1, 0.15) is 11.6 Å². The first-order valence-electron chi connectivity index (χ1n) is 8.31. The average molecular weight is 357 g/mol. The van der Waals surface area contributed by atoms with Gasteiger partial charge in [-0.15, -0.1) is 0 Å². The Labute approximate surface area is 151 Å². The molecule has 1 N–H and O–H groups in total. The molecular weight excluding hydrogens is 337 g/mol. The molecule has 0 bridgehead atoms. The third-order valence-electron chi connectivity index (χ3n) is 4.90. The van der Waals surface area contributed by atoms with Crippen molar-refractivity contribution in [3.05, 3.63) is 53.8 Å². The van der Waals surface area contributed by atoms with Crippen molar-refractivity contribution >= 4 is 11.9 Å². The number of nitrogens with zero attached hydrogens (tertiary/aromatic N) is 1. The van der Waals surface area contributed by atoms with Crippen molar-refractivity contribution in [1.29, 1.82) is 0 Å². The first-order chi connectivity index (χ1) is 12.3. The Morgan fingerprint density at radius 2 is 1.81 bits per heavy atom. The molecule has 0 aromatic heterocycles. The number of hydrogen-bond donors (Lipinski definition) is 1. The largest absolute Gasteiger partial charge is 0.497 e. The molecule has 2 aromatic rings. The number of carboxylic acid groups (broad SMARTS) is 1. The van der Waals surface area contributed by atoms with Crippen LogP contribution in [-0.2, 0) is 4.79 Å². The molecule has 136 valence electrons. The molecule has 0 radical (unpaired) electrons. The SMILES string of the molecule is COc1ccc(-c2ccc(C(=O)N3CCC(C)(C(=O)O)C3)c(F)c2)cc1. The summed E-state index contributed by atoms with van der Waals surface area (Å²) in [6.45, 7) is 1.99. The number of ether oxygens (including phenoxy) is 1. The van der Waals surface area contributed by atoms with Crippen molar-refractivity contribution in [2.75, 3.05) is 20.2 Å². The molecular formula is C20H20FNO4. The Hall–Kier alpha value is -2.89. The van der Waals surface area contributed by atoms with Crippen molar-refractivity contribution in [2.24, 2.45) is 5.41 Å². The van der Waals surface area contributed by atoms with E-state index in [1.165, 1.54) is 17.0 Å². The Morgan fingerprint density at radius 3 is 2.35 bits per heavy atom. The van der Waals surface area contributed by atoms with E-state index >= 15 is 0 Å². The summed E-state index contributed by atoms with van der Waals surface area (Å²) in [4.78, 5) is 25.3. The molecule has 1 amide bonds. The lowest BCUT2D eigenvalue weighted by Gasteiger charge is -2.20. The van der Waals surface area contributed by atoms with E-state index in [2.05, 4.69) is 0 Å². The van der Waals surface area contributed by atoms with Gasteiger partial charge in [-0.1, -0.05) is 18.2 Å². The number of carbonyl (C=O) groups is 2. The van der Waals surface area contributed by atoms with E-state index in [1.807, 2.05) is 12.1 Å². The van der Waals surface area contributed by atoms with Gasteiger partial charge < -0.3 is 14.7 Å². The monoisotopic (exact) mass is 357 g/mol. The highest BCUT2D eigenvalue weighted by molar-refractivity contribution is 5.95. The minimum Gasteiger partial charge on any atom is -0.497 e. The second-order valence-corrected chi connectivity index (χ2v) is 6.77. The smallest absolute Gasteiger partial charge is 0.311 e. The van der Waals surface area contributed by atoms with Crippen molar-refractivity contribution in [1.82, 2.24) is 4.90 Å². The normalized spacial score (nSPS) is 19.4. The zero-order chi connectivity index (χ0) is 18.9. The highest BCUT2D eigenvalue weighted by Gasteiger charge is 2.42. The number of methoxy groups -OCH3 is 1. The van der Waals surface area contributed by atoms with Crippen LogP contribution in [0.5, 0.6) is 5.75 Å². The Kier molecular flexibility index (Phi) is 4.68. The number of rotatable bonds is 4. The Bertz CT molecular complexity index is 849. The van der Waals surface area contributed by atoms with Gasteiger partial charge in [-0.3, -0.25) is 9.59 Å². The number of carbonyl (C=O) groups excluding carboxylic acids is 1. The lowest BCUT2D eigenvalue weighted by molar-refractivity contribution is -0.147. The molecule has 5 nitrogen and oxygen atoms in total. The third kappa shape index (κ3) is 3.27. The topological polar surface area (TPSA) is 66.8 Å². The maximum atomic E-state index is 14.5. The number of likely N-dealkylation sites (tertiary alicyclic amines) is 1. The summed E-state index contributed by atoms with van der Waals surface area (Å²) in [5.41, 5.74) is 0.438. The fourth-order valence-corrected chi connectivity index (χ4v) is 3.13. The van der Waals surface area contributed by atoms with E-state index in [9.17, 15) is 19.1 Å².